The van der Waals surface area contributed by atoms with E-state index in [9.17, 15) is 24.0 Å². The number of rotatable bonds is 11. The molecule has 2 saturated carbocycles. The molecule has 0 radical (unpaired) electrons. The number of fused-ring (bicyclic) bond motifs is 2. The van der Waals surface area contributed by atoms with Crippen molar-refractivity contribution >= 4 is 29.8 Å². The van der Waals surface area contributed by atoms with E-state index >= 15 is 0 Å². The van der Waals surface area contributed by atoms with Gasteiger partial charge in [0, 0.05) is 37.0 Å². The molecule has 3 fully saturated rings. The maximum atomic E-state index is 13.3. The first-order valence-corrected chi connectivity index (χ1v) is 16.0. The van der Waals surface area contributed by atoms with Crippen molar-refractivity contribution in [3.8, 4) is 0 Å². The fraction of sp³-hybridized carbons (Fsp3) is 0.735. The summed E-state index contributed by atoms with van der Waals surface area (Å²) in [6.07, 6.45) is 3.04. The molecule has 9 atom stereocenters. The van der Waals surface area contributed by atoms with Crippen molar-refractivity contribution in [3.05, 3.63) is 23.3 Å². The van der Waals surface area contributed by atoms with E-state index in [1.807, 2.05) is 13.8 Å². The zero-order valence-electron chi connectivity index (χ0n) is 27.8. The van der Waals surface area contributed by atoms with Gasteiger partial charge in [0.05, 0.1) is 17.9 Å². The molecule has 250 valence electrons. The Morgan fingerprint density at radius 3 is 2.36 bits per heavy atom. The van der Waals surface area contributed by atoms with E-state index in [0.29, 0.717) is 43.4 Å². The minimum Gasteiger partial charge on any atom is -0.465 e. The fourth-order valence-corrected chi connectivity index (χ4v) is 7.84. The average Bonchev–Trinajstić information content (AvgIpc) is 3.64. The third-order valence-corrected chi connectivity index (χ3v) is 10.9. The van der Waals surface area contributed by atoms with Crippen LogP contribution in [0.4, 0.5) is 0 Å². The highest BCUT2D eigenvalue weighted by atomic mass is 16.6. The third-order valence-electron chi connectivity index (χ3n) is 10.9. The molecule has 2 aliphatic carbocycles. The molecule has 0 unspecified atom stereocenters. The van der Waals surface area contributed by atoms with Gasteiger partial charge in [0.1, 0.15) is 37.1 Å². The van der Waals surface area contributed by atoms with Crippen LogP contribution >= 0.6 is 0 Å². The number of esters is 5. The predicted molar refractivity (Wildman–Crippen MR) is 160 cm³/mol. The Kier molecular flexibility index (Phi) is 10.2. The molecule has 0 aromatic heterocycles. The van der Waals surface area contributed by atoms with E-state index in [1.54, 1.807) is 26.8 Å². The lowest BCUT2D eigenvalue weighted by molar-refractivity contribution is -0.258. The van der Waals surface area contributed by atoms with Gasteiger partial charge in [0.15, 0.2) is 0 Å². The number of allylic oxidation sites excluding steroid dienone is 1. The second-order valence-electron chi connectivity index (χ2n) is 13.5. The van der Waals surface area contributed by atoms with Crippen LogP contribution in [0.1, 0.15) is 87.5 Å². The van der Waals surface area contributed by atoms with Crippen LogP contribution in [0.2, 0.25) is 0 Å². The molecule has 11 nitrogen and oxygen atoms in total. The largest absolute Gasteiger partial charge is 0.465 e. The van der Waals surface area contributed by atoms with Crippen LogP contribution in [0, 0.1) is 28.6 Å². The molecule has 0 aromatic carbocycles. The normalized spacial score (nSPS) is 35.3. The van der Waals surface area contributed by atoms with Gasteiger partial charge in [-0.05, 0) is 57.3 Å². The molecule has 1 saturated heterocycles. The maximum absolute atomic E-state index is 13.3. The molecule has 45 heavy (non-hydrogen) atoms. The Morgan fingerprint density at radius 1 is 1.13 bits per heavy atom. The van der Waals surface area contributed by atoms with Crippen molar-refractivity contribution in [3.63, 3.8) is 0 Å². The summed E-state index contributed by atoms with van der Waals surface area (Å²) in [4.78, 5) is 63.6. The first-order valence-electron chi connectivity index (χ1n) is 16.0. The highest BCUT2D eigenvalue weighted by molar-refractivity contribution is 5.88. The summed E-state index contributed by atoms with van der Waals surface area (Å²) in [6.45, 7) is 14.1. The van der Waals surface area contributed by atoms with Crippen LogP contribution in [0.3, 0.4) is 0 Å². The Hall–Kier alpha value is -3.21. The number of carbonyl (C=O) groups excluding carboxylic acids is 5. The van der Waals surface area contributed by atoms with Gasteiger partial charge in [0.25, 0.3) is 0 Å². The Labute approximate surface area is 265 Å². The molecule has 4 aliphatic rings. The van der Waals surface area contributed by atoms with Crippen LogP contribution in [0.15, 0.2) is 23.3 Å². The summed E-state index contributed by atoms with van der Waals surface area (Å²) >= 11 is 0. The number of cyclic esters (lactones) is 1. The molecule has 2 aliphatic heterocycles. The Bertz CT molecular complexity index is 1260. The van der Waals surface area contributed by atoms with E-state index in [1.165, 1.54) is 19.9 Å². The summed E-state index contributed by atoms with van der Waals surface area (Å²) in [7, 11) is 0. The zero-order chi connectivity index (χ0) is 33.3. The van der Waals surface area contributed by atoms with Crippen LogP contribution in [0.25, 0.3) is 0 Å². The van der Waals surface area contributed by atoms with E-state index in [-0.39, 0.29) is 31.5 Å². The molecule has 11 heteroatoms. The second kappa shape index (κ2) is 13.3. The average molecular weight is 633 g/mol. The highest BCUT2D eigenvalue weighted by Crippen LogP contribution is 2.70. The second-order valence-corrected chi connectivity index (χ2v) is 13.5. The molecular formula is C34H48O11. The van der Waals surface area contributed by atoms with Crippen molar-refractivity contribution in [2.75, 3.05) is 19.8 Å². The van der Waals surface area contributed by atoms with Gasteiger partial charge in [-0.3, -0.25) is 14.4 Å². The number of hydrogen-bond donors (Lipinski definition) is 0. The summed E-state index contributed by atoms with van der Waals surface area (Å²) < 4.78 is 35.7. The standard InChI is InChI=1S/C34H48O11/c1-9-19(3)30(38)44-25-11-12-33(17-42-33)34(18-41-22(6)35)27(43-23(7)36)13-21(5)32(8,29(25)34)15-26(24-14-28(37)40-16-24)45-31(39)20(4)10-2/h9,14,20-21,25-27,29H,10-13,15-18H2,1-8H3/b19-9+/t20-,21+,25+,26-,27-,29+,32-,33-,34+/m0/s1. The summed E-state index contributed by atoms with van der Waals surface area (Å²) in [5.41, 5.74) is -1.65. The van der Waals surface area contributed by atoms with Crippen LogP contribution in [-0.2, 0) is 52.4 Å². The number of carbonyl (C=O) groups is 5. The minimum atomic E-state index is -1.08. The van der Waals surface area contributed by atoms with Crippen molar-refractivity contribution in [1.82, 2.24) is 0 Å². The number of hydrogen-bond acceptors (Lipinski definition) is 11. The SMILES string of the molecule is C/C=C(\C)C(=O)O[C@@H]1CC[C@]2(CO2)[C@]2(COC(C)=O)[C@@H](OC(C)=O)C[C@@H](C)[C@](C)(C[C@H](OC(=O)[C@@H](C)CC)C3=CC(=O)OC3)[C@@H]12. The molecule has 0 bridgehead atoms. The van der Waals surface area contributed by atoms with Gasteiger partial charge >= 0.3 is 29.8 Å². The van der Waals surface area contributed by atoms with Crippen LogP contribution in [-0.4, -0.2) is 73.6 Å². The van der Waals surface area contributed by atoms with Gasteiger partial charge in [-0.2, -0.15) is 0 Å². The van der Waals surface area contributed by atoms with Gasteiger partial charge in [0.2, 0.25) is 0 Å². The van der Waals surface area contributed by atoms with E-state index in [2.05, 4.69) is 6.92 Å². The highest BCUT2D eigenvalue weighted by Gasteiger charge is 2.77. The Balaban J connectivity index is 1.90. The van der Waals surface area contributed by atoms with E-state index in [4.69, 9.17) is 28.4 Å². The Morgan fingerprint density at radius 2 is 1.82 bits per heavy atom. The lowest BCUT2D eigenvalue weighted by Crippen LogP contribution is -2.71. The van der Waals surface area contributed by atoms with Gasteiger partial charge in [-0.25, -0.2) is 9.59 Å². The molecule has 0 aromatic rings. The lowest BCUT2D eigenvalue weighted by atomic mass is 9.42. The maximum Gasteiger partial charge on any atom is 0.333 e. The molecule has 1 spiro atoms. The van der Waals surface area contributed by atoms with Crippen LogP contribution in [0.5, 0.6) is 0 Å². The van der Waals surface area contributed by atoms with Gasteiger partial charge < -0.3 is 28.4 Å². The smallest absolute Gasteiger partial charge is 0.333 e. The van der Waals surface area contributed by atoms with Gasteiger partial charge in [-0.1, -0.05) is 33.8 Å². The van der Waals surface area contributed by atoms with Gasteiger partial charge in [-0.15, -0.1) is 0 Å². The van der Waals surface area contributed by atoms with E-state index in [0.717, 1.165) is 0 Å². The first-order chi connectivity index (χ1) is 21.1. The monoisotopic (exact) mass is 632 g/mol. The van der Waals surface area contributed by atoms with Crippen molar-refractivity contribution < 1.29 is 52.4 Å². The molecule has 4 rings (SSSR count). The third kappa shape index (κ3) is 6.55. The summed E-state index contributed by atoms with van der Waals surface area (Å²) in [6, 6.07) is 0. The summed E-state index contributed by atoms with van der Waals surface area (Å²) in [5, 5.41) is 0. The minimum absolute atomic E-state index is 0.00692. The van der Waals surface area contributed by atoms with E-state index < -0.39 is 70.5 Å². The van der Waals surface area contributed by atoms with Crippen molar-refractivity contribution in [2.45, 2.75) is 111 Å². The number of ether oxygens (including phenoxy) is 6. The van der Waals surface area contributed by atoms with Crippen LogP contribution < -0.4 is 0 Å². The molecule has 2 heterocycles. The molecule has 0 N–H and O–H groups in total. The first kappa shape index (κ1) is 34.7. The van der Waals surface area contributed by atoms with Crippen molar-refractivity contribution in [1.29, 1.82) is 0 Å². The number of epoxide rings is 1. The topological polar surface area (TPSA) is 144 Å². The fourth-order valence-electron chi connectivity index (χ4n) is 7.84. The van der Waals surface area contributed by atoms with Crippen molar-refractivity contribution in [2.24, 2.45) is 28.6 Å². The predicted octanol–water partition coefficient (Wildman–Crippen LogP) is 4.40. The lowest BCUT2D eigenvalue weighted by Gasteiger charge is -2.64. The quantitative estimate of drug-likeness (QED) is 0.138. The molecular weight excluding hydrogens is 584 g/mol. The summed E-state index contributed by atoms with van der Waals surface area (Å²) in [5.74, 6) is -3.46. The molecule has 0 amide bonds. The zero-order valence-corrected chi connectivity index (χ0v) is 27.8.